The topological polar surface area (TPSA) is 71.9 Å². The molecule has 0 spiro atoms. The smallest absolute Gasteiger partial charge is 0.410 e. The molecular weight excluding hydrogens is 308 g/mol. The number of hydrogen-bond acceptors (Lipinski definition) is 5. The maximum absolute atomic E-state index is 12.5. The maximum atomic E-state index is 12.5. The largest absolute Gasteiger partial charge is 0.496 e. The molecule has 1 amide bonds. The van der Waals surface area contributed by atoms with E-state index < -0.39 is 11.2 Å². The van der Waals surface area contributed by atoms with Gasteiger partial charge in [-0.3, -0.25) is 4.98 Å². The summed E-state index contributed by atoms with van der Waals surface area (Å²) in [6.07, 6.45) is 5.76. The molecule has 2 aliphatic rings. The number of pyridine rings is 1. The van der Waals surface area contributed by atoms with Crippen LogP contribution < -0.4 is 4.74 Å². The number of aromatic nitrogens is 1. The maximum Gasteiger partial charge on any atom is 0.410 e. The normalized spacial score (nSPS) is 29.5. The molecule has 24 heavy (non-hydrogen) atoms. The molecule has 3 rings (SSSR count). The average Bonchev–Trinajstić information content (AvgIpc) is 2.78. The zero-order chi connectivity index (χ0) is 17.5. The van der Waals surface area contributed by atoms with Gasteiger partial charge in [0.25, 0.3) is 0 Å². The van der Waals surface area contributed by atoms with Crippen LogP contribution in [0.1, 0.15) is 52.0 Å². The van der Waals surface area contributed by atoms with E-state index in [0.29, 0.717) is 24.2 Å². The van der Waals surface area contributed by atoms with Gasteiger partial charge in [0.15, 0.2) is 0 Å². The molecule has 0 radical (unpaired) electrons. The second kappa shape index (κ2) is 5.92. The number of carbonyl (C=O) groups excluding carboxylic acids is 1. The Balaban J connectivity index is 1.83. The second-order valence-electron chi connectivity index (χ2n) is 7.79. The van der Waals surface area contributed by atoms with E-state index in [1.807, 2.05) is 25.7 Å². The molecule has 2 fully saturated rings. The Morgan fingerprint density at radius 2 is 1.96 bits per heavy atom. The Kier molecular flexibility index (Phi) is 4.20. The first kappa shape index (κ1) is 17.0. The number of piperidine rings is 1. The van der Waals surface area contributed by atoms with Crippen molar-refractivity contribution >= 4 is 6.09 Å². The summed E-state index contributed by atoms with van der Waals surface area (Å²) < 4.78 is 10.9. The molecule has 3 heterocycles. The fraction of sp³-hybridized carbons (Fsp3) is 0.667. The molecule has 0 aliphatic carbocycles. The van der Waals surface area contributed by atoms with E-state index in [4.69, 9.17) is 9.47 Å². The molecule has 1 aromatic heterocycles. The average molecular weight is 334 g/mol. The van der Waals surface area contributed by atoms with Crippen molar-refractivity contribution in [3.63, 3.8) is 0 Å². The zero-order valence-corrected chi connectivity index (χ0v) is 14.8. The summed E-state index contributed by atoms with van der Waals surface area (Å²) in [6.45, 7) is 5.61. The number of fused-ring (bicyclic) bond motifs is 2. The molecule has 2 aliphatic heterocycles. The van der Waals surface area contributed by atoms with Crippen molar-refractivity contribution in [1.82, 2.24) is 9.88 Å². The van der Waals surface area contributed by atoms with Crippen molar-refractivity contribution in [3.05, 3.63) is 24.0 Å². The van der Waals surface area contributed by atoms with Crippen LogP contribution in [0.5, 0.6) is 5.75 Å². The van der Waals surface area contributed by atoms with Gasteiger partial charge in [-0.15, -0.1) is 0 Å². The first-order valence-corrected chi connectivity index (χ1v) is 8.46. The highest BCUT2D eigenvalue weighted by Crippen LogP contribution is 2.47. The van der Waals surface area contributed by atoms with E-state index in [1.54, 1.807) is 25.6 Å². The van der Waals surface area contributed by atoms with Gasteiger partial charge in [-0.05, 0) is 39.7 Å². The Hall–Kier alpha value is -1.82. The SMILES string of the molecule is COc1ccncc1C1(O)CC2CCC(C1)N2C(=O)OC(C)(C)C. The second-order valence-corrected chi connectivity index (χ2v) is 7.79. The number of carbonyl (C=O) groups is 1. The lowest BCUT2D eigenvalue weighted by molar-refractivity contribution is -0.0634. The summed E-state index contributed by atoms with van der Waals surface area (Å²) in [6, 6.07) is 1.72. The Bertz CT molecular complexity index is 612. The highest BCUT2D eigenvalue weighted by Gasteiger charge is 2.51. The third kappa shape index (κ3) is 3.07. The molecule has 2 bridgehead atoms. The monoisotopic (exact) mass is 334 g/mol. The first-order chi connectivity index (χ1) is 11.2. The number of aliphatic hydroxyl groups is 1. The van der Waals surface area contributed by atoms with E-state index in [-0.39, 0.29) is 18.2 Å². The van der Waals surface area contributed by atoms with Gasteiger partial charge in [-0.2, -0.15) is 0 Å². The molecular formula is C18H26N2O4. The predicted octanol–water partition coefficient (Wildman–Crippen LogP) is 2.84. The number of hydrogen-bond donors (Lipinski definition) is 1. The molecule has 0 aromatic carbocycles. The van der Waals surface area contributed by atoms with Gasteiger partial charge in [0.1, 0.15) is 11.4 Å². The van der Waals surface area contributed by atoms with E-state index in [1.165, 1.54) is 0 Å². The summed E-state index contributed by atoms with van der Waals surface area (Å²) in [5.74, 6) is 0.637. The number of ether oxygens (including phenoxy) is 2. The molecule has 0 saturated carbocycles. The molecule has 2 unspecified atom stereocenters. The van der Waals surface area contributed by atoms with Crippen molar-refractivity contribution < 1.29 is 19.4 Å². The summed E-state index contributed by atoms with van der Waals surface area (Å²) in [7, 11) is 1.59. The van der Waals surface area contributed by atoms with Gasteiger partial charge in [0.2, 0.25) is 0 Å². The third-order valence-electron chi connectivity index (χ3n) is 4.87. The van der Waals surface area contributed by atoms with Crippen molar-refractivity contribution in [2.75, 3.05) is 7.11 Å². The van der Waals surface area contributed by atoms with Gasteiger partial charge in [-0.1, -0.05) is 0 Å². The van der Waals surface area contributed by atoms with Gasteiger partial charge in [0, 0.05) is 42.9 Å². The van der Waals surface area contributed by atoms with Crippen LogP contribution in [0.4, 0.5) is 4.79 Å². The summed E-state index contributed by atoms with van der Waals surface area (Å²) in [5, 5.41) is 11.3. The third-order valence-corrected chi connectivity index (χ3v) is 4.87. The fourth-order valence-corrected chi connectivity index (χ4v) is 3.97. The number of methoxy groups -OCH3 is 1. The lowest BCUT2D eigenvalue weighted by atomic mass is 9.81. The van der Waals surface area contributed by atoms with E-state index >= 15 is 0 Å². The molecule has 132 valence electrons. The number of amides is 1. The molecule has 2 saturated heterocycles. The van der Waals surface area contributed by atoms with E-state index in [0.717, 1.165) is 12.8 Å². The van der Waals surface area contributed by atoms with Crippen molar-refractivity contribution in [2.24, 2.45) is 0 Å². The molecule has 1 N–H and O–H groups in total. The lowest BCUT2D eigenvalue weighted by Crippen LogP contribution is -2.53. The Labute approximate surface area is 142 Å². The van der Waals surface area contributed by atoms with Crippen LogP contribution in [0.25, 0.3) is 0 Å². The standard InChI is InChI=1S/C18H26N2O4/c1-17(2,3)24-16(21)20-12-5-6-13(20)10-18(22,9-12)14-11-19-8-7-15(14)23-4/h7-8,11-13,22H,5-6,9-10H2,1-4H3. The van der Waals surface area contributed by atoms with Gasteiger partial charge >= 0.3 is 6.09 Å². The van der Waals surface area contributed by atoms with Crippen LogP contribution in [0.15, 0.2) is 18.5 Å². The van der Waals surface area contributed by atoms with Crippen LogP contribution in [0.2, 0.25) is 0 Å². The Morgan fingerprint density at radius 3 is 2.50 bits per heavy atom. The molecule has 1 aromatic rings. The highest BCUT2D eigenvalue weighted by molar-refractivity contribution is 5.70. The van der Waals surface area contributed by atoms with Crippen LogP contribution in [0, 0.1) is 0 Å². The quantitative estimate of drug-likeness (QED) is 0.900. The number of rotatable bonds is 2. The van der Waals surface area contributed by atoms with Gasteiger partial charge in [0.05, 0.1) is 12.7 Å². The van der Waals surface area contributed by atoms with Gasteiger partial charge in [-0.25, -0.2) is 4.79 Å². The van der Waals surface area contributed by atoms with Crippen LogP contribution in [-0.4, -0.2) is 45.9 Å². The summed E-state index contributed by atoms with van der Waals surface area (Å²) in [5.41, 5.74) is -0.839. The molecule has 6 nitrogen and oxygen atoms in total. The fourth-order valence-electron chi connectivity index (χ4n) is 3.97. The van der Waals surface area contributed by atoms with Crippen LogP contribution in [0.3, 0.4) is 0 Å². The highest BCUT2D eigenvalue weighted by atomic mass is 16.6. The Morgan fingerprint density at radius 1 is 1.33 bits per heavy atom. The van der Waals surface area contributed by atoms with Crippen LogP contribution in [-0.2, 0) is 10.3 Å². The van der Waals surface area contributed by atoms with Crippen molar-refractivity contribution in [2.45, 2.75) is 69.7 Å². The molecule has 2 atom stereocenters. The molecule has 6 heteroatoms. The summed E-state index contributed by atoms with van der Waals surface area (Å²) >= 11 is 0. The summed E-state index contributed by atoms with van der Waals surface area (Å²) in [4.78, 5) is 18.5. The number of nitrogens with zero attached hydrogens (tertiary/aromatic N) is 2. The lowest BCUT2D eigenvalue weighted by Gasteiger charge is -2.44. The first-order valence-electron chi connectivity index (χ1n) is 8.46. The zero-order valence-electron chi connectivity index (χ0n) is 14.8. The minimum atomic E-state index is -1.02. The van der Waals surface area contributed by atoms with Crippen molar-refractivity contribution in [3.8, 4) is 5.75 Å². The van der Waals surface area contributed by atoms with Gasteiger partial charge < -0.3 is 19.5 Å². The minimum absolute atomic E-state index is 0.0199. The van der Waals surface area contributed by atoms with E-state index in [9.17, 15) is 9.90 Å². The van der Waals surface area contributed by atoms with E-state index in [2.05, 4.69) is 4.98 Å². The van der Waals surface area contributed by atoms with Crippen LogP contribution >= 0.6 is 0 Å². The minimum Gasteiger partial charge on any atom is -0.496 e. The predicted molar refractivity (Wildman–Crippen MR) is 88.8 cm³/mol. The van der Waals surface area contributed by atoms with Crippen molar-refractivity contribution in [1.29, 1.82) is 0 Å².